The number of fused-ring (bicyclic) bond motifs is 1. The zero-order valence-corrected chi connectivity index (χ0v) is 18.5. The van der Waals surface area contributed by atoms with Gasteiger partial charge in [0.15, 0.2) is 0 Å². The first-order chi connectivity index (χ1) is 15.3. The minimum Gasteiger partial charge on any atom is -0.350 e. The molecule has 5 nitrogen and oxygen atoms in total. The average molecular weight is 450 g/mol. The number of nitrogens with zero attached hydrogens (tertiary/aromatic N) is 3. The number of likely N-dealkylation sites (tertiary alicyclic amines) is 1. The van der Waals surface area contributed by atoms with Crippen molar-refractivity contribution in [3.05, 3.63) is 52.4 Å². The maximum absolute atomic E-state index is 12.9. The third-order valence-electron chi connectivity index (χ3n) is 6.61. The van der Waals surface area contributed by atoms with Crippen LogP contribution in [0.1, 0.15) is 58.6 Å². The molecule has 0 radical (unpaired) electrons. The Morgan fingerprint density at radius 1 is 1.25 bits per heavy atom. The first-order valence-electron chi connectivity index (χ1n) is 11.4. The molecule has 0 saturated carbocycles. The van der Waals surface area contributed by atoms with Crippen molar-refractivity contribution in [2.24, 2.45) is 5.92 Å². The standard InChI is InChI=1S/C24H30F3N3O2/c1-29(23(31)22-20-9-2-3-10-21(20)28-32-22)15-18-7-5-12-30(16-18)13-11-17-6-4-8-19(14-17)24(25,26)27/h4,6,8,14,18H,2-3,5,7,9-13,15-16H2,1H3. The number of amides is 1. The number of carbonyl (C=O) groups excluding carboxylic acids is 1. The van der Waals surface area contributed by atoms with Gasteiger partial charge in [0.25, 0.3) is 5.91 Å². The quantitative estimate of drug-likeness (QED) is 0.647. The number of rotatable bonds is 6. The second-order valence-electron chi connectivity index (χ2n) is 9.09. The molecule has 1 amide bonds. The van der Waals surface area contributed by atoms with E-state index in [2.05, 4.69) is 10.1 Å². The zero-order valence-electron chi connectivity index (χ0n) is 18.5. The Bertz CT molecular complexity index is 941. The van der Waals surface area contributed by atoms with Crippen LogP contribution in [0.15, 0.2) is 28.8 Å². The van der Waals surface area contributed by atoms with Gasteiger partial charge in [0, 0.05) is 32.2 Å². The molecule has 1 fully saturated rings. The molecule has 8 heteroatoms. The van der Waals surface area contributed by atoms with E-state index in [1.54, 1.807) is 11.0 Å². The molecule has 1 atom stereocenters. The van der Waals surface area contributed by atoms with Crippen LogP contribution in [0.4, 0.5) is 13.2 Å². The van der Waals surface area contributed by atoms with E-state index in [-0.39, 0.29) is 5.91 Å². The van der Waals surface area contributed by atoms with Crippen LogP contribution in [0, 0.1) is 5.92 Å². The topological polar surface area (TPSA) is 49.6 Å². The van der Waals surface area contributed by atoms with Crippen molar-refractivity contribution in [1.29, 1.82) is 0 Å². The normalized spacial score (nSPS) is 19.6. The summed E-state index contributed by atoms with van der Waals surface area (Å²) in [5.74, 6) is 0.610. The molecule has 1 saturated heterocycles. The van der Waals surface area contributed by atoms with Crippen LogP contribution in [0.5, 0.6) is 0 Å². The van der Waals surface area contributed by atoms with Crippen molar-refractivity contribution < 1.29 is 22.5 Å². The molecule has 1 aromatic carbocycles. The molecule has 174 valence electrons. The lowest BCUT2D eigenvalue weighted by molar-refractivity contribution is -0.137. The summed E-state index contributed by atoms with van der Waals surface area (Å²) < 4.78 is 44.2. The van der Waals surface area contributed by atoms with Crippen molar-refractivity contribution in [1.82, 2.24) is 15.0 Å². The predicted octanol–water partition coefficient (Wildman–Crippen LogP) is 4.60. The number of alkyl halides is 3. The number of piperidine rings is 1. The Balaban J connectivity index is 1.30. The molecular weight excluding hydrogens is 419 g/mol. The van der Waals surface area contributed by atoms with Crippen LogP contribution >= 0.6 is 0 Å². The molecule has 2 heterocycles. The Labute approximate surface area is 186 Å². The van der Waals surface area contributed by atoms with Crippen LogP contribution in [0.25, 0.3) is 0 Å². The fraction of sp³-hybridized carbons (Fsp3) is 0.583. The lowest BCUT2D eigenvalue weighted by Crippen LogP contribution is -2.42. The fourth-order valence-corrected chi connectivity index (χ4v) is 4.90. The number of aryl methyl sites for hydroxylation is 1. The summed E-state index contributed by atoms with van der Waals surface area (Å²) in [5, 5.41) is 4.09. The van der Waals surface area contributed by atoms with Gasteiger partial charge in [0.05, 0.1) is 11.3 Å². The van der Waals surface area contributed by atoms with E-state index in [1.807, 2.05) is 7.05 Å². The van der Waals surface area contributed by atoms with Crippen molar-refractivity contribution in [3.63, 3.8) is 0 Å². The molecule has 0 bridgehead atoms. The van der Waals surface area contributed by atoms with E-state index < -0.39 is 11.7 Å². The van der Waals surface area contributed by atoms with Crippen molar-refractivity contribution in [3.8, 4) is 0 Å². The Morgan fingerprint density at radius 2 is 2.06 bits per heavy atom. The minimum atomic E-state index is -4.31. The fourth-order valence-electron chi connectivity index (χ4n) is 4.90. The number of carbonyl (C=O) groups is 1. The van der Waals surface area contributed by atoms with Gasteiger partial charge >= 0.3 is 6.18 Å². The van der Waals surface area contributed by atoms with Crippen LogP contribution in [0.3, 0.4) is 0 Å². The summed E-state index contributed by atoms with van der Waals surface area (Å²) in [6.45, 7) is 3.12. The smallest absolute Gasteiger partial charge is 0.350 e. The SMILES string of the molecule is CN(CC1CCCN(CCc2cccc(C(F)(F)F)c2)C1)C(=O)c1onc2c1CCCC2. The predicted molar refractivity (Wildman–Crippen MR) is 114 cm³/mol. The summed E-state index contributed by atoms with van der Waals surface area (Å²) in [7, 11) is 1.81. The van der Waals surface area contributed by atoms with Gasteiger partial charge in [-0.3, -0.25) is 4.79 Å². The molecule has 0 spiro atoms. The summed E-state index contributed by atoms with van der Waals surface area (Å²) in [5.41, 5.74) is 2.00. The number of aromatic nitrogens is 1. The monoisotopic (exact) mass is 449 g/mol. The maximum atomic E-state index is 12.9. The van der Waals surface area contributed by atoms with E-state index in [0.29, 0.717) is 36.8 Å². The molecule has 0 N–H and O–H groups in total. The maximum Gasteiger partial charge on any atom is 0.416 e. The highest BCUT2D eigenvalue weighted by Crippen LogP contribution is 2.30. The first kappa shape index (κ1) is 22.8. The molecule has 2 aliphatic rings. The zero-order chi connectivity index (χ0) is 22.7. The first-order valence-corrected chi connectivity index (χ1v) is 11.4. The van der Waals surface area contributed by atoms with E-state index in [4.69, 9.17) is 4.52 Å². The van der Waals surface area contributed by atoms with E-state index in [0.717, 1.165) is 68.9 Å². The minimum absolute atomic E-state index is 0.110. The number of halogens is 3. The van der Waals surface area contributed by atoms with Gasteiger partial charge in [-0.1, -0.05) is 23.4 Å². The van der Waals surface area contributed by atoms with Gasteiger partial charge in [0.1, 0.15) is 0 Å². The number of benzene rings is 1. The Kier molecular flexibility index (Phi) is 6.88. The Hall–Kier alpha value is -2.35. The lowest BCUT2D eigenvalue weighted by atomic mass is 9.95. The van der Waals surface area contributed by atoms with Crippen LogP contribution < -0.4 is 0 Å². The van der Waals surface area contributed by atoms with Crippen LogP contribution in [0.2, 0.25) is 0 Å². The molecule has 1 aliphatic carbocycles. The molecule has 4 rings (SSSR count). The van der Waals surface area contributed by atoms with Crippen molar-refractivity contribution >= 4 is 5.91 Å². The van der Waals surface area contributed by atoms with Gasteiger partial charge < -0.3 is 14.3 Å². The van der Waals surface area contributed by atoms with E-state index in [9.17, 15) is 18.0 Å². The molecule has 1 aliphatic heterocycles. The highest BCUT2D eigenvalue weighted by atomic mass is 19.4. The van der Waals surface area contributed by atoms with Crippen LogP contribution in [-0.2, 0) is 25.4 Å². The largest absolute Gasteiger partial charge is 0.416 e. The third-order valence-corrected chi connectivity index (χ3v) is 6.61. The highest BCUT2D eigenvalue weighted by Gasteiger charge is 2.31. The summed E-state index contributed by atoms with van der Waals surface area (Å²) >= 11 is 0. The number of hydrogen-bond acceptors (Lipinski definition) is 4. The summed E-state index contributed by atoms with van der Waals surface area (Å²) in [6.07, 6.45) is 2.18. The molecule has 32 heavy (non-hydrogen) atoms. The van der Waals surface area contributed by atoms with Gasteiger partial charge in [0.2, 0.25) is 5.76 Å². The summed E-state index contributed by atoms with van der Waals surface area (Å²) in [6, 6.07) is 5.58. The lowest BCUT2D eigenvalue weighted by Gasteiger charge is -2.34. The molecule has 1 unspecified atom stereocenters. The molecular formula is C24H30F3N3O2. The highest BCUT2D eigenvalue weighted by molar-refractivity contribution is 5.93. The number of hydrogen-bond donors (Lipinski definition) is 0. The molecule has 2 aromatic rings. The van der Waals surface area contributed by atoms with Gasteiger partial charge in [-0.25, -0.2) is 0 Å². The second-order valence-corrected chi connectivity index (χ2v) is 9.09. The van der Waals surface area contributed by atoms with E-state index >= 15 is 0 Å². The van der Waals surface area contributed by atoms with Crippen molar-refractivity contribution in [2.75, 3.05) is 33.2 Å². The average Bonchev–Trinajstić information content (AvgIpc) is 3.21. The summed E-state index contributed by atoms with van der Waals surface area (Å²) in [4.78, 5) is 17.0. The van der Waals surface area contributed by atoms with Gasteiger partial charge in [-0.15, -0.1) is 0 Å². The van der Waals surface area contributed by atoms with Gasteiger partial charge in [-0.05, 0) is 69.0 Å². The van der Waals surface area contributed by atoms with Gasteiger partial charge in [-0.2, -0.15) is 13.2 Å². The Morgan fingerprint density at radius 3 is 2.88 bits per heavy atom. The van der Waals surface area contributed by atoms with E-state index in [1.165, 1.54) is 12.1 Å². The van der Waals surface area contributed by atoms with Crippen LogP contribution in [-0.4, -0.2) is 54.1 Å². The third kappa shape index (κ3) is 5.34. The van der Waals surface area contributed by atoms with Crippen molar-refractivity contribution in [2.45, 2.75) is 51.1 Å². The second kappa shape index (κ2) is 9.65. The molecule has 1 aromatic heterocycles.